The highest BCUT2D eigenvalue weighted by Crippen LogP contribution is 2.56. The van der Waals surface area contributed by atoms with E-state index in [1.165, 1.54) is 24.3 Å². The number of thiazole rings is 1. The van der Waals surface area contributed by atoms with Gasteiger partial charge in [-0.2, -0.15) is 4.98 Å². The van der Waals surface area contributed by atoms with Crippen molar-refractivity contribution < 1.29 is 4.52 Å². The second kappa shape index (κ2) is 7.13. The van der Waals surface area contributed by atoms with E-state index in [1.54, 1.807) is 11.3 Å². The molecular weight excluding hydrogens is 334 g/mol. The van der Waals surface area contributed by atoms with E-state index in [0.717, 1.165) is 44.3 Å². The normalized spacial score (nSPS) is 22.2. The fraction of sp³-hybridized carbons (Fsp3) is 0.722. The molecule has 0 aromatic carbocycles. The van der Waals surface area contributed by atoms with Gasteiger partial charge in [0.2, 0.25) is 5.89 Å². The molecule has 1 N–H and O–H groups in total. The number of nitrogens with zero attached hydrogens (tertiary/aromatic N) is 4. The molecular formula is C18H27N5OS. The molecule has 0 bridgehead atoms. The summed E-state index contributed by atoms with van der Waals surface area (Å²) >= 11 is 1.73. The molecule has 1 spiro atoms. The zero-order chi connectivity index (χ0) is 17.3. The van der Waals surface area contributed by atoms with Gasteiger partial charge in [-0.15, -0.1) is 11.3 Å². The van der Waals surface area contributed by atoms with Crippen LogP contribution in [0.2, 0.25) is 0 Å². The summed E-state index contributed by atoms with van der Waals surface area (Å²) in [4.78, 5) is 11.6. The van der Waals surface area contributed by atoms with Crippen molar-refractivity contribution in [3.05, 3.63) is 28.3 Å². The molecule has 3 heterocycles. The fourth-order valence-electron chi connectivity index (χ4n) is 4.05. The van der Waals surface area contributed by atoms with Crippen LogP contribution in [0.3, 0.4) is 0 Å². The minimum Gasteiger partial charge on any atom is -0.339 e. The van der Waals surface area contributed by atoms with Gasteiger partial charge in [-0.1, -0.05) is 19.0 Å². The highest BCUT2D eigenvalue weighted by Gasteiger charge is 2.56. The first kappa shape index (κ1) is 17.1. The smallest absolute Gasteiger partial charge is 0.226 e. The fourth-order valence-corrected chi connectivity index (χ4v) is 4.69. The summed E-state index contributed by atoms with van der Waals surface area (Å²) in [7, 11) is 0. The van der Waals surface area contributed by atoms with Gasteiger partial charge in [0.15, 0.2) is 5.82 Å². The first-order chi connectivity index (χ1) is 12.1. The molecule has 1 atom stereocenters. The maximum Gasteiger partial charge on any atom is 0.226 e. The van der Waals surface area contributed by atoms with Gasteiger partial charge in [-0.05, 0) is 43.7 Å². The third kappa shape index (κ3) is 3.93. The lowest BCUT2D eigenvalue weighted by atomic mass is 9.93. The predicted octanol–water partition coefficient (Wildman–Crippen LogP) is 2.87. The predicted molar refractivity (Wildman–Crippen MR) is 97.1 cm³/mol. The topological polar surface area (TPSA) is 67.1 Å². The van der Waals surface area contributed by atoms with Gasteiger partial charge in [-0.3, -0.25) is 4.90 Å². The summed E-state index contributed by atoms with van der Waals surface area (Å²) in [6.45, 7) is 8.25. The van der Waals surface area contributed by atoms with Crippen molar-refractivity contribution in [2.45, 2.75) is 58.7 Å². The number of rotatable bonds is 7. The van der Waals surface area contributed by atoms with Gasteiger partial charge in [0.05, 0.1) is 13.1 Å². The van der Waals surface area contributed by atoms with E-state index >= 15 is 0 Å². The van der Waals surface area contributed by atoms with Crippen molar-refractivity contribution in [2.24, 2.45) is 11.3 Å². The maximum atomic E-state index is 5.44. The van der Waals surface area contributed by atoms with Crippen LogP contribution in [-0.4, -0.2) is 39.2 Å². The lowest BCUT2D eigenvalue weighted by molar-refractivity contribution is 0.182. The molecule has 25 heavy (non-hydrogen) atoms. The van der Waals surface area contributed by atoms with Gasteiger partial charge < -0.3 is 9.84 Å². The first-order valence-corrected chi connectivity index (χ1v) is 10.2. The first-order valence-electron chi connectivity index (χ1n) is 9.29. The summed E-state index contributed by atoms with van der Waals surface area (Å²) < 4.78 is 5.44. The summed E-state index contributed by atoms with van der Waals surface area (Å²) in [5, 5.41) is 10.9. The molecule has 6 nitrogen and oxygen atoms in total. The second-order valence-corrected chi connectivity index (χ2v) is 8.84. The maximum absolute atomic E-state index is 5.44. The quantitative estimate of drug-likeness (QED) is 0.818. The summed E-state index contributed by atoms with van der Waals surface area (Å²) in [5.41, 5.74) is 0.493. The van der Waals surface area contributed by atoms with Crippen LogP contribution in [0.5, 0.6) is 0 Å². The Morgan fingerprint density at radius 3 is 2.92 bits per heavy atom. The van der Waals surface area contributed by atoms with Crippen LogP contribution in [0, 0.1) is 11.3 Å². The Bertz CT molecular complexity index is 677. The lowest BCUT2D eigenvalue weighted by Gasteiger charge is -2.28. The Balaban J connectivity index is 1.47. The number of hydrogen-bond donors (Lipinski definition) is 1. The Morgan fingerprint density at radius 2 is 2.20 bits per heavy atom. The molecule has 2 aromatic heterocycles. The highest BCUT2D eigenvalue weighted by molar-refractivity contribution is 7.09. The minimum absolute atomic E-state index is 0.493. The van der Waals surface area contributed by atoms with Crippen molar-refractivity contribution >= 4 is 11.3 Å². The number of aromatic nitrogens is 3. The molecule has 2 aliphatic rings. The molecule has 0 radical (unpaired) electrons. The van der Waals surface area contributed by atoms with Crippen LogP contribution in [0.15, 0.2) is 16.1 Å². The average molecular weight is 362 g/mol. The molecule has 1 aliphatic heterocycles. The molecule has 0 amide bonds. The van der Waals surface area contributed by atoms with Gasteiger partial charge >= 0.3 is 0 Å². The zero-order valence-corrected chi connectivity index (χ0v) is 15.9. The van der Waals surface area contributed by atoms with Crippen LogP contribution in [0.4, 0.5) is 0 Å². The summed E-state index contributed by atoms with van der Waals surface area (Å²) in [6, 6.07) is 0.616. The molecule has 7 heteroatoms. The van der Waals surface area contributed by atoms with E-state index in [9.17, 15) is 0 Å². The minimum atomic E-state index is 0.493. The molecule has 4 rings (SSSR count). The highest BCUT2D eigenvalue weighted by atomic mass is 32.1. The van der Waals surface area contributed by atoms with E-state index in [2.05, 4.69) is 44.6 Å². The standard InChI is InChI=1S/C18H27N5OS/c1-13(2)9-16-21-15(22-24-16)11-23(12-17-20-7-8-25-17)14-10-18(14)3-5-19-6-4-18/h7-8,13-14,19H,3-6,9-12H2,1-2H3. The molecule has 136 valence electrons. The van der Waals surface area contributed by atoms with Crippen molar-refractivity contribution in [1.29, 1.82) is 0 Å². The Labute approximate surface area is 153 Å². The van der Waals surface area contributed by atoms with Crippen molar-refractivity contribution in [2.75, 3.05) is 13.1 Å². The molecule has 1 saturated carbocycles. The molecule has 1 saturated heterocycles. The van der Waals surface area contributed by atoms with E-state index in [-0.39, 0.29) is 0 Å². The van der Waals surface area contributed by atoms with Crippen LogP contribution >= 0.6 is 11.3 Å². The second-order valence-electron chi connectivity index (χ2n) is 7.87. The Morgan fingerprint density at radius 1 is 1.36 bits per heavy atom. The van der Waals surface area contributed by atoms with Crippen LogP contribution < -0.4 is 5.32 Å². The Kier molecular flexibility index (Phi) is 4.88. The number of nitrogens with one attached hydrogen (secondary N) is 1. The molecule has 1 aliphatic carbocycles. The van der Waals surface area contributed by atoms with Gasteiger partial charge in [0.1, 0.15) is 5.01 Å². The molecule has 1 unspecified atom stereocenters. The van der Waals surface area contributed by atoms with Gasteiger partial charge in [0, 0.05) is 24.0 Å². The van der Waals surface area contributed by atoms with E-state index in [4.69, 9.17) is 4.52 Å². The third-order valence-corrected chi connectivity index (χ3v) is 6.21. The third-order valence-electron chi connectivity index (χ3n) is 5.45. The van der Waals surface area contributed by atoms with Crippen molar-refractivity contribution in [3.8, 4) is 0 Å². The van der Waals surface area contributed by atoms with Crippen LogP contribution in [0.25, 0.3) is 0 Å². The summed E-state index contributed by atoms with van der Waals surface area (Å²) in [5.74, 6) is 2.09. The van der Waals surface area contributed by atoms with E-state index in [0.29, 0.717) is 17.4 Å². The average Bonchev–Trinajstić information content (AvgIpc) is 2.96. The largest absolute Gasteiger partial charge is 0.339 e. The van der Waals surface area contributed by atoms with Crippen molar-refractivity contribution in [1.82, 2.24) is 25.3 Å². The van der Waals surface area contributed by atoms with E-state index in [1.807, 2.05) is 6.20 Å². The van der Waals surface area contributed by atoms with Gasteiger partial charge in [0.25, 0.3) is 0 Å². The summed E-state index contributed by atoms with van der Waals surface area (Å²) in [6.07, 6.45) is 6.57. The lowest BCUT2D eigenvalue weighted by Crippen LogP contribution is -2.36. The molecule has 2 aromatic rings. The van der Waals surface area contributed by atoms with Crippen LogP contribution in [0.1, 0.15) is 49.8 Å². The SMILES string of the molecule is CC(C)Cc1nc(CN(Cc2nccs2)C2CC23CCNCC3)no1. The van der Waals surface area contributed by atoms with Crippen molar-refractivity contribution in [3.63, 3.8) is 0 Å². The number of piperidine rings is 1. The zero-order valence-electron chi connectivity index (χ0n) is 15.1. The van der Waals surface area contributed by atoms with Crippen LogP contribution in [-0.2, 0) is 19.5 Å². The number of hydrogen-bond acceptors (Lipinski definition) is 7. The Hall–Kier alpha value is -1.31. The van der Waals surface area contributed by atoms with Gasteiger partial charge in [-0.25, -0.2) is 4.98 Å². The monoisotopic (exact) mass is 361 g/mol. The molecule has 2 fully saturated rings. The van der Waals surface area contributed by atoms with E-state index < -0.39 is 0 Å².